The lowest BCUT2D eigenvalue weighted by Gasteiger charge is -2.10. The van der Waals surface area contributed by atoms with Gasteiger partial charge in [-0.3, -0.25) is 4.79 Å². The van der Waals surface area contributed by atoms with Crippen LogP contribution in [0.1, 0.15) is 17.0 Å². The van der Waals surface area contributed by atoms with E-state index in [0.717, 1.165) is 26.2 Å². The molecule has 1 amide bonds. The number of amides is 1. The maximum absolute atomic E-state index is 12.6. The number of carbonyl (C=O) groups is 1. The molecule has 0 aliphatic rings. The van der Waals surface area contributed by atoms with E-state index < -0.39 is 5.91 Å². The topological polar surface area (TPSA) is 57.8 Å². The lowest BCUT2D eigenvalue weighted by Crippen LogP contribution is -2.14. The zero-order chi connectivity index (χ0) is 20.3. The molecule has 0 saturated heterocycles. The number of carbonyl (C=O) groups excluding carboxylic acids is 1. The van der Waals surface area contributed by atoms with Gasteiger partial charge in [0.1, 0.15) is 11.6 Å². The Bertz CT molecular complexity index is 1130. The Morgan fingerprint density at radius 3 is 2.61 bits per heavy atom. The number of aromatic nitrogens is 1. The number of anilines is 1. The Balaban J connectivity index is 1.95. The van der Waals surface area contributed by atoms with Crippen LogP contribution in [0.2, 0.25) is 5.02 Å². The summed E-state index contributed by atoms with van der Waals surface area (Å²) in [4.78, 5) is 12.6. The van der Waals surface area contributed by atoms with Gasteiger partial charge in [0, 0.05) is 25.7 Å². The van der Waals surface area contributed by atoms with Crippen LogP contribution in [-0.4, -0.2) is 10.5 Å². The van der Waals surface area contributed by atoms with Crippen LogP contribution < -0.4 is 5.32 Å². The number of aryl methyl sites for hydroxylation is 1. The Morgan fingerprint density at radius 2 is 1.93 bits per heavy atom. The predicted molar refractivity (Wildman–Crippen MR) is 122 cm³/mol. The molecular formula is C22H17ClIN3O. The van der Waals surface area contributed by atoms with Crippen LogP contribution in [0.4, 0.5) is 5.69 Å². The van der Waals surface area contributed by atoms with Crippen molar-refractivity contribution in [2.45, 2.75) is 13.8 Å². The predicted octanol–water partition coefficient (Wildman–Crippen LogP) is 5.90. The molecule has 0 radical (unpaired) electrons. The Morgan fingerprint density at radius 1 is 1.18 bits per heavy atom. The lowest BCUT2D eigenvalue weighted by atomic mass is 10.1. The van der Waals surface area contributed by atoms with Gasteiger partial charge in [-0.1, -0.05) is 29.8 Å². The van der Waals surface area contributed by atoms with Gasteiger partial charge in [0.25, 0.3) is 5.91 Å². The summed E-state index contributed by atoms with van der Waals surface area (Å²) in [7, 11) is 0. The van der Waals surface area contributed by atoms with Gasteiger partial charge in [-0.15, -0.1) is 0 Å². The number of nitriles is 1. The summed E-state index contributed by atoms with van der Waals surface area (Å²) in [6.45, 7) is 3.93. The largest absolute Gasteiger partial charge is 0.320 e. The van der Waals surface area contributed by atoms with Crippen molar-refractivity contribution in [1.82, 2.24) is 4.57 Å². The van der Waals surface area contributed by atoms with E-state index in [2.05, 4.69) is 27.9 Å². The highest BCUT2D eigenvalue weighted by atomic mass is 127. The third kappa shape index (κ3) is 4.29. The van der Waals surface area contributed by atoms with E-state index in [-0.39, 0.29) is 5.57 Å². The Hall–Kier alpha value is -2.56. The summed E-state index contributed by atoms with van der Waals surface area (Å²) in [5.41, 5.74) is 4.39. The average molecular weight is 502 g/mol. The molecule has 0 saturated carbocycles. The zero-order valence-corrected chi connectivity index (χ0v) is 18.2. The minimum absolute atomic E-state index is 0.0472. The maximum Gasteiger partial charge on any atom is 0.266 e. The van der Waals surface area contributed by atoms with Crippen LogP contribution in [0.25, 0.3) is 11.8 Å². The number of benzene rings is 2. The number of nitrogens with one attached hydrogen (secondary N) is 1. The summed E-state index contributed by atoms with van der Waals surface area (Å²) in [5, 5.41) is 13.0. The molecule has 140 valence electrons. The maximum atomic E-state index is 12.6. The van der Waals surface area contributed by atoms with E-state index in [4.69, 9.17) is 11.6 Å². The third-order valence-electron chi connectivity index (χ3n) is 4.32. The highest BCUT2D eigenvalue weighted by molar-refractivity contribution is 14.1. The molecular weight excluding hydrogens is 485 g/mol. The van der Waals surface area contributed by atoms with Crippen LogP contribution in [0.5, 0.6) is 0 Å². The molecule has 6 heteroatoms. The molecule has 2 aromatic carbocycles. The second kappa shape index (κ2) is 8.63. The molecule has 28 heavy (non-hydrogen) atoms. The van der Waals surface area contributed by atoms with Crippen molar-refractivity contribution in [2.24, 2.45) is 0 Å². The van der Waals surface area contributed by atoms with Crippen LogP contribution in [0, 0.1) is 28.7 Å². The van der Waals surface area contributed by atoms with E-state index in [1.165, 1.54) is 0 Å². The van der Waals surface area contributed by atoms with Gasteiger partial charge in [-0.25, -0.2) is 0 Å². The normalized spacial score (nSPS) is 11.2. The first kappa shape index (κ1) is 20.2. The molecule has 3 aromatic rings. The van der Waals surface area contributed by atoms with Gasteiger partial charge in [0.05, 0.1) is 5.69 Å². The van der Waals surface area contributed by atoms with E-state index in [1.54, 1.807) is 12.1 Å². The SMILES string of the molecule is Cc1cc(/C=C(/C#N)C(=O)Nc2ccccc2I)c(C)n1-c1cccc(Cl)c1. The van der Waals surface area contributed by atoms with Crippen molar-refractivity contribution in [3.05, 3.63) is 85.7 Å². The zero-order valence-electron chi connectivity index (χ0n) is 15.3. The quantitative estimate of drug-likeness (QED) is 0.275. The number of rotatable bonds is 4. The van der Waals surface area contributed by atoms with E-state index in [0.29, 0.717) is 10.7 Å². The van der Waals surface area contributed by atoms with Gasteiger partial charge in [-0.2, -0.15) is 5.26 Å². The number of halogens is 2. The summed E-state index contributed by atoms with van der Waals surface area (Å²) < 4.78 is 2.95. The molecule has 0 spiro atoms. The van der Waals surface area contributed by atoms with Gasteiger partial charge >= 0.3 is 0 Å². The number of para-hydroxylation sites is 1. The first-order valence-electron chi connectivity index (χ1n) is 8.53. The fourth-order valence-corrected chi connectivity index (χ4v) is 3.71. The molecule has 0 bridgehead atoms. The Labute approximate surface area is 182 Å². The van der Waals surface area contributed by atoms with Gasteiger partial charge in [0.2, 0.25) is 0 Å². The molecule has 0 unspecified atom stereocenters. The molecule has 0 fully saturated rings. The molecule has 0 atom stereocenters. The Kier molecular flexibility index (Phi) is 6.22. The number of hydrogen-bond acceptors (Lipinski definition) is 2. The van der Waals surface area contributed by atoms with Crippen LogP contribution >= 0.6 is 34.2 Å². The summed E-state index contributed by atoms with van der Waals surface area (Å²) in [6.07, 6.45) is 1.62. The number of nitrogens with zero attached hydrogens (tertiary/aromatic N) is 2. The molecule has 4 nitrogen and oxygen atoms in total. The van der Waals surface area contributed by atoms with Crippen molar-refractivity contribution in [1.29, 1.82) is 5.26 Å². The van der Waals surface area contributed by atoms with Crippen molar-refractivity contribution < 1.29 is 4.79 Å². The highest BCUT2D eigenvalue weighted by Gasteiger charge is 2.15. The van der Waals surface area contributed by atoms with Crippen LogP contribution in [-0.2, 0) is 4.79 Å². The van der Waals surface area contributed by atoms with E-state index in [9.17, 15) is 10.1 Å². The van der Waals surface area contributed by atoms with Crippen molar-refractivity contribution in [3.8, 4) is 11.8 Å². The molecule has 1 N–H and O–H groups in total. The third-order valence-corrected chi connectivity index (χ3v) is 5.50. The van der Waals surface area contributed by atoms with Crippen molar-refractivity contribution >= 4 is 51.9 Å². The highest BCUT2D eigenvalue weighted by Crippen LogP contribution is 2.25. The second-order valence-corrected chi connectivity index (χ2v) is 7.84. The van der Waals surface area contributed by atoms with Crippen molar-refractivity contribution in [3.63, 3.8) is 0 Å². The minimum atomic E-state index is -0.431. The van der Waals surface area contributed by atoms with Gasteiger partial charge < -0.3 is 9.88 Å². The van der Waals surface area contributed by atoms with Gasteiger partial charge in [-0.05, 0) is 84.5 Å². The fourth-order valence-electron chi connectivity index (χ4n) is 3.00. The number of hydrogen-bond donors (Lipinski definition) is 1. The summed E-state index contributed by atoms with van der Waals surface area (Å²) in [6, 6.07) is 19.0. The second-order valence-electron chi connectivity index (χ2n) is 6.25. The summed E-state index contributed by atoms with van der Waals surface area (Å²) >= 11 is 8.27. The van der Waals surface area contributed by atoms with Gasteiger partial charge in [0.15, 0.2) is 0 Å². The lowest BCUT2D eigenvalue weighted by molar-refractivity contribution is -0.112. The molecule has 0 aliphatic carbocycles. The molecule has 3 rings (SSSR count). The van der Waals surface area contributed by atoms with E-state index >= 15 is 0 Å². The molecule has 1 heterocycles. The summed E-state index contributed by atoms with van der Waals surface area (Å²) in [5.74, 6) is -0.431. The fraction of sp³-hybridized carbons (Fsp3) is 0.0909. The minimum Gasteiger partial charge on any atom is -0.320 e. The average Bonchev–Trinajstić information content (AvgIpc) is 2.94. The standard InChI is InChI=1S/C22H17ClIN3O/c1-14-10-16(15(2)27(14)19-7-5-6-18(23)12-19)11-17(13-25)22(28)26-21-9-4-3-8-20(21)24/h3-12H,1-2H3,(H,26,28)/b17-11-. The first-order valence-corrected chi connectivity index (χ1v) is 9.99. The molecule has 1 aromatic heterocycles. The van der Waals surface area contributed by atoms with Crippen LogP contribution in [0.15, 0.2) is 60.2 Å². The monoisotopic (exact) mass is 501 g/mol. The van der Waals surface area contributed by atoms with Crippen LogP contribution in [0.3, 0.4) is 0 Å². The first-order chi connectivity index (χ1) is 13.4. The van der Waals surface area contributed by atoms with Crippen molar-refractivity contribution in [2.75, 3.05) is 5.32 Å². The smallest absolute Gasteiger partial charge is 0.266 e. The molecule has 0 aliphatic heterocycles. The van der Waals surface area contributed by atoms with E-state index in [1.807, 2.05) is 73.0 Å².